The van der Waals surface area contributed by atoms with Crippen LogP contribution in [0.2, 0.25) is 0 Å². The number of hydrogen-bond acceptors (Lipinski definition) is 5. The van der Waals surface area contributed by atoms with Gasteiger partial charge in [0.05, 0.1) is 12.2 Å². The van der Waals surface area contributed by atoms with Crippen LogP contribution < -0.4 is 15.1 Å². The monoisotopic (exact) mass is 342 g/mol. The van der Waals surface area contributed by atoms with Crippen LogP contribution in [0.1, 0.15) is 17.7 Å². The Hall–Kier alpha value is -2.41. The van der Waals surface area contributed by atoms with Crippen molar-refractivity contribution in [3.8, 4) is 0 Å². The molecule has 1 atom stereocenters. The number of carbonyl (C=O) groups excluding carboxylic acids is 2. The Kier molecular flexibility index (Phi) is 3.93. The lowest BCUT2D eigenvalue weighted by Gasteiger charge is -2.38. The van der Waals surface area contributed by atoms with Crippen molar-refractivity contribution in [1.29, 1.82) is 0 Å². The Bertz CT molecular complexity index is 762. The summed E-state index contributed by atoms with van der Waals surface area (Å²) in [5.74, 6) is 0.655. The maximum atomic E-state index is 12.8. The van der Waals surface area contributed by atoms with Crippen LogP contribution >= 0.6 is 11.3 Å². The van der Waals surface area contributed by atoms with E-state index in [0.717, 1.165) is 35.8 Å². The maximum Gasteiger partial charge on any atom is 0.250 e. The molecule has 7 heteroatoms. The van der Waals surface area contributed by atoms with Gasteiger partial charge in [0.1, 0.15) is 12.6 Å². The van der Waals surface area contributed by atoms with E-state index in [4.69, 9.17) is 0 Å². The normalized spacial score (nSPS) is 19.2. The fourth-order valence-electron chi connectivity index (χ4n) is 3.36. The Morgan fingerprint density at radius 2 is 2.29 bits per heavy atom. The predicted octanol–water partition coefficient (Wildman–Crippen LogP) is 1.77. The Morgan fingerprint density at radius 1 is 1.38 bits per heavy atom. The van der Waals surface area contributed by atoms with Gasteiger partial charge in [-0.3, -0.25) is 14.5 Å². The summed E-state index contributed by atoms with van der Waals surface area (Å²) in [6.45, 7) is 1.38. The van der Waals surface area contributed by atoms with Gasteiger partial charge in [-0.15, -0.1) is 11.3 Å². The van der Waals surface area contributed by atoms with Crippen LogP contribution in [0, 0.1) is 0 Å². The Morgan fingerprint density at radius 3 is 3.12 bits per heavy atom. The summed E-state index contributed by atoms with van der Waals surface area (Å²) in [6.07, 6.45) is 3.53. The number of fused-ring (bicyclic) bond motifs is 3. The van der Waals surface area contributed by atoms with Gasteiger partial charge in [-0.25, -0.2) is 4.98 Å². The van der Waals surface area contributed by atoms with Crippen molar-refractivity contribution in [3.05, 3.63) is 40.7 Å². The van der Waals surface area contributed by atoms with Gasteiger partial charge >= 0.3 is 0 Å². The molecule has 0 aromatic carbocycles. The van der Waals surface area contributed by atoms with Crippen molar-refractivity contribution < 1.29 is 9.59 Å². The number of amides is 2. The second-order valence-electron chi connectivity index (χ2n) is 5.98. The highest BCUT2D eigenvalue weighted by Gasteiger charge is 2.41. The zero-order valence-electron chi connectivity index (χ0n) is 13.1. The van der Waals surface area contributed by atoms with Gasteiger partial charge in [0.2, 0.25) is 11.8 Å². The summed E-state index contributed by atoms with van der Waals surface area (Å²) in [6, 6.07) is 7.42. The van der Waals surface area contributed by atoms with Gasteiger partial charge in [-0.2, -0.15) is 0 Å². The van der Waals surface area contributed by atoms with Crippen LogP contribution in [0.15, 0.2) is 35.8 Å². The van der Waals surface area contributed by atoms with Crippen molar-refractivity contribution in [1.82, 2.24) is 10.3 Å². The highest BCUT2D eigenvalue weighted by atomic mass is 32.1. The molecule has 0 aliphatic carbocycles. The molecule has 124 valence electrons. The van der Waals surface area contributed by atoms with E-state index in [0.29, 0.717) is 6.54 Å². The standard InChI is InChI=1S/C17H18N4O2S/c22-15(19-10-12-4-3-9-24-12)11-21-13-5-1-7-18-16(13)20-8-2-6-14(20)17(21)23/h1,3-5,7,9,14H,2,6,8,10-11H2,(H,19,22)/t14-/m1/s1. The molecule has 2 aromatic rings. The molecule has 2 aromatic heterocycles. The van der Waals surface area contributed by atoms with Crippen molar-refractivity contribution in [2.75, 3.05) is 22.9 Å². The van der Waals surface area contributed by atoms with Crippen LogP contribution in [0.25, 0.3) is 0 Å². The SMILES string of the molecule is O=C(CN1C(=O)[C@H]2CCCN2c2ncccc21)NCc1cccs1. The van der Waals surface area contributed by atoms with Crippen molar-refractivity contribution >= 4 is 34.7 Å². The van der Waals surface area contributed by atoms with E-state index in [1.165, 1.54) is 0 Å². The minimum Gasteiger partial charge on any atom is -0.350 e. The fraction of sp³-hybridized carbons (Fsp3) is 0.353. The molecule has 1 saturated heterocycles. The largest absolute Gasteiger partial charge is 0.350 e. The number of nitrogens with zero attached hydrogens (tertiary/aromatic N) is 3. The highest BCUT2D eigenvalue weighted by Crippen LogP contribution is 2.37. The van der Waals surface area contributed by atoms with Gasteiger partial charge in [0, 0.05) is 17.6 Å². The van der Waals surface area contributed by atoms with Gasteiger partial charge in [-0.1, -0.05) is 6.07 Å². The molecule has 4 heterocycles. The fourth-order valence-corrected chi connectivity index (χ4v) is 4.00. The number of rotatable bonds is 4. The van der Waals surface area contributed by atoms with Crippen LogP contribution in [-0.4, -0.2) is 35.9 Å². The maximum absolute atomic E-state index is 12.8. The molecule has 0 radical (unpaired) electrons. The number of carbonyl (C=O) groups is 2. The number of thiophene rings is 1. The molecule has 2 aliphatic rings. The molecule has 6 nitrogen and oxygen atoms in total. The average molecular weight is 342 g/mol. The molecule has 0 saturated carbocycles. The average Bonchev–Trinajstić information content (AvgIpc) is 3.28. The van der Waals surface area contributed by atoms with E-state index >= 15 is 0 Å². The first-order chi connectivity index (χ1) is 11.7. The third-order valence-corrected chi connectivity index (χ3v) is 5.35. The minimum absolute atomic E-state index is 0.000673. The van der Waals surface area contributed by atoms with E-state index in [9.17, 15) is 9.59 Å². The van der Waals surface area contributed by atoms with Crippen LogP contribution in [0.5, 0.6) is 0 Å². The van der Waals surface area contributed by atoms with Gasteiger partial charge in [-0.05, 0) is 36.4 Å². The lowest BCUT2D eigenvalue weighted by Crippen LogP contribution is -2.53. The van der Waals surface area contributed by atoms with Crippen LogP contribution in [0.3, 0.4) is 0 Å². The summed E-state index contributed by atoms with van der Waals surface area (Å²) >= 11 is 1.60. The van der Waals surface area contributed by atoms with Crippen molar-refractivity contribution in [2.24, 2.45) is 0 Å². The number of pyridine rings is 1. The summed E-state index contributed by atoms with van der Waals surface area (Å²) in [4.78, 5) is 34.3. The first-order valence-corrected chi connectivity index (χ1v) is 8.94. The van der Waals surface area contributed by atoms with Gasteiger partial charge in [0.25, 0.3) is 0 Å². The van der Waals surface area contributed by atoms with E-state index in [-0.39, 0.29) is 24.4 Å². The molecule has 1 N–H and O–H groups in total. The quantitative estimate of drug-likeness (QED) is 0.920. The summed E-state index contributed by atoms with van der Waals surface area (Å²) in [7, 11) is 0. The molecule has 0 unspecified atom stereocenters. The van der Waals surface area contributed by atoms with Crippen LogP contribution in [-0.2, 0) is 16.1 Å². The van der Waals surface area contributed by atoms with Crippen LogP contribution in [0.4, 0.5) is 11.5 Å². The number of anilines is 2. The molecule has 2 aliphatic heterocycles. The topological polar surface area (TPSA) is 65.5 Å². The van der Waals surface area contributed by atoms with Crippen molar-refractivity contribution in [3.63, 3.8) is 0 Å². The summed E-state index contributed by atoms with van der Waals surface area (Å²) < 4.78 is 0. The minimum atomic E-state index is -0.183. The molecule has 0 bridgehead atoms. The first-order valence-electron chi connectivity index (χ1n) is 8.06. The number of aromatic nitrogens is 1. The molecule has 0 spiro atoms. The van der Waals surface area contributed by atoms with E-state index in [2.05, 4.69) is 15.2 Å². The Balaban J connectivity index is 1.52. The molecule has 4 rings (SSSR count). The third-order valence-electron chi connectivity index (χ3n) is 4.47. The first kappa shape index (κ1) is 15.1. The second-order valence-corrected chi connectivity index (χ2v) is 7.01. The number of nitrogens with one attached hydrogen (secondary N) is 1. The smallest absolute Gasteiger partial charge is 0.250 e. The second kappa shape index (κ2) is 6.24. The summed E-state index contributed by atoms with van der Waals surface area (Å²) in [5.41, 5.74) is 0.729. The third kappa shape index (κ3) is 2.65. The molecule has 2 amide bonds. The van der Waals surface area contributed by atoms with E-state index in [1.54, 1.807) is 28.5 Å². The molecular formula is C17H18N4O2S. The van der Waals surface area contributed by atoms with E-state index in [1.807, 2.05) is 23.6 Å². The Labute approximate surface area is 144 Å². The number of hydrogen-bond donors (Lipinski definition) is 1. The molecule has 24 heavy (non-hydrogen) atoms. The zero-order valence-corrected chi connectivity index (χ0v) is 14.0. The van der Waals surface area contributed by atoms with Gasteiger partial charge < -0.3 is 10.2 Å². The lowest BCUT2D eigenvalue weighted by atomic mass is 10.1. The van der Waals surface area contributed by atoms with Crippen molar-refractivity contribution in [2.45, 2.75) is 25.4 Å². The highest BCUT2D eigenvalue weighted by molar-refractivity contribution is 7.09. The van der Waals surface area contributed by atoms with Gasteiger partial charge in [0.15, 0.2) is 5.82 Å². The predicted molar refractivity (Wildman–Crippen MR) is 93.1 cm³/mol. The molecular weight excluding hydrogens is 324 g/mol. The lowest BCUT2D eigenvalue weighted by molar-refractivity contribution is -0.124. The molecule has 1 fully saturated rings. The zero-order chi connectivity index (χ0) is 16.5. The summed E-state index contributed by atoms with van der Waals surface area (Å²) in [5, 5.41) is 4.87. The van der Waals surface area contributed by atoms with E-state index < -0.39 is 0 Å².